The van der Waals surface area contributed by atoms with Gasteiger partial charge >= 0.3 is 0 Å². The van der Waals surface area contributed by atoms with E-state index in [2.05, 4.69) is 43.3 Å². The van der Waals surface area contributed by atoms with Crippen LogP contribution >= 0.6 is 24.0 Å². The number of aliphatic imine (C=N–C) groups is 1. The lowest BCUT2D eigenvalue weighted by Gasteiger charge is -2.59. The van der Waals surface area contributed by atoms with Crippen molar-refractivity contribution in [2.75, 3.05) is 40.0 Å². The van der Waals surface area contributed by atoms with Crippen molar-refractivity contribution in [1.29, 1.82) is 0 Å². The Kier molecular flexibility index (Phi) is 10.1. The Morgan fingerprint density at radius 2 is 2.08 bits per heavy atom. The molecule has 26 heavy (non-hydrogen) atoms. The Bertz CT molecular complexity index is 442. The highest BCUT2D eigenvalue weighted by molar-refractivity contribution is 14.0. The van der Waals surface area contributed by atoms with Crippen molar-refractivity contribution in [3.63, 3.8) is 0 Å². The number of guanidine groups is 1. The van der Waals surface area contributed by atoms with Gasteiger partial charge in [-0.15, -0.1) is 24.0 Å². The minimum Gasteiger partial charge on any atom is -0.379 e. The first-order chi connectivity index (χ1) is 11.9. The van der Waals surface area contributed by atoms with Crippen LogP contribution in [0.25, 0.3) is 0 Å². The average molecular weight is 483 g/mol. The molecule has 0 bridgehead atoms. The predicted octanol–water partition coefficient (Wildman–Crippen LogP) is 2.95. The van der Waals surface area contributed by atoms with E-state index in [1.807, 2.05) is 0 Å². The summed E-state index contributed by atoms with van der Waals surface area (Å²) < 4.78 is 17.0. The molecule has 0 aromatic carbocycles. The normalized spacial score (nSPS) is 30.4. The SMILES string of the molecule is CCNC(=NCCCOCC1CCCO1)NC1CC(C)(OC)C1(C)C.I. The average Bonchev–Trinajstić information content (AvgIpc) is 3.10. The number of nitrogens with zero attached hydrogens (tertiary/aromatic N) is 1. The number of hydrogen-bond donors (Lipinski definition) is 2. The highest BCUT2D eigenvalue weighted by Crippen LogP contribution is 2.51. The van der Waals surface area contributed by atoms with Gasteiger partial charge in [0.25, 0.3) is 0 Å². The number of rotatable bonds is 9. The van der Waals surface area contributed by atoms with E-state index < -0.39 is 0 Å². The Balaban J connectivity index is 0.00000338. The lowest BCUT2D eigenvalue weighted by atomic mass is 9.56. The largest absolute Gasteiger partial charge is 0.379 e. The summed E-state index contributed by atoms with van der Waals surface area (Å²) in [7, 11) is 1.80. The molecule has 2 aliphatic rings. The highest BCUT2D eigenvalue weighted by Gasteiger charge is 2.58. The number of halogens is 1. The zero-order valence-corrected chi connectivity index (χ0v) is 19.4. The maximum absolute atomic E-state index is 5.70. The van der Waals surface area contributed by atoms with Gasteiger partial charge in [0.15, 0.2) is 5.96 Å². The Morgan fingerprint density at radius 1 is 1.31 bits per heavy atom. The van der Waals surface area contributed by atoms with E-state index in [1.54, 1.807) is 7.11 Å². The number of methoxy groups -OCH3 is 1. The summed E-state index contributed by atoms with van der Waals surface area (Å²) in [6.07, 6.45) is 4.51. The summed E-state index contributed by atoms with van der Waals surface area (Å²) in [5, 5.41) is 6.91. The van der Waals surface area contributed by atoms with Crippen LogP contribution in [0, 0.1) is 5.41 Å². The van der Waals surface area contributed by atoms with Crippen LogP contribution in [0.4, 0.5) is 0 Å². The number of nitrogens with one attached hydrogen (secondary N) is 2. The monoisotopic (exact) mass is 483 g/mol. The molecule has 2 N–H and O–H groups in total. The van der Waals surface area contributed by atoms with Gasteiger partial charge in [0.05, 0.1) is 18.3 Å². The quantitative estimate of drug-likeness (QED) is 0.229. The minimum atomic E-state index is -0.0713. The molecule has 2 rings (SSSR count). The molecule has 1 saturated carbocycles. The fourth-order valence-electron chi connectivity index (χ4n) is 3.56. The first-order valence-electron chi connectivity index (χ1n) is 9.72. The van der Waals surface area contributed by atoms with Crippen molar-refractivity contribution < 1.29 is 14.2 Å². The molecule has 154 valence electrons. The molecule has 0 aromatic rings. The first kappa shape index (κ1) is 23.9. The molecule has 0 radical (unpaired) electrons. The van der Waals surface area contributed by atoms with Crippen LogP contribution in [-0.4, -0.2) is 63.7 Å². The van der Waals surface area contributed by atoms with E-state index in [0.717, 1.165) is 57.9 Å². The maximum Gasteiger partial charge on any atom is 0.191 e. The van der Waals surface area contributed by atoms with E-state index in [1.165, 1.54) is 0 Å². The van der Waals surface area contributed by atoms with Crippen LogP contribution in [0.1, 0.15) is 53.4 Å². The van der Waals surface area contributed by atoms with Crippen LogP contribution in [0.5, 0.6) is 0 Å². The van der Waals surface area contributed by atoms with Gasteiger partial charge < -0.3 is 24.8 Å². The van der Waals surface area contributed by atoms with Gasteiger partial charge in [0.2, 0.25) is 0 Å². The van der Waals surface area contributed by atoms with Crippen molar-refractivity contribution in [2.45, 2.75) is 71.1 Å². The van der Waals surface area contributed by atoms with E-state index in [4.69, 9.17) is 14.2 Å². The zero-order chi connectivity index (χ0) is 18.3. The van der Waals surface area contributed by atoms with E-state index >= 15 is 0 Å². The second-order valence-corrected chi connectivity index (χ2v) is 7.88. The van der Waals surface area contributed by atoms with Gasteiger partial charge in [0.1, 0.15) is 0 Å². The van der Waals surface area contributed by atoms with Crippen molar-refractivity contribution >= 4 is 29.9 Å². The fraction of sp³-hybridized carbons (Fsp3) is 0.947. The van der Waals surface area contributed by atoms with Crippen LogP contribution < -0.4 is 10.6 Å². The van der Waals surface area contributed by atoms with Crippen molar-refractivity contribution in [3.8, 4) is 0 Å². The number of ether oxygens (including phenoxy) is 3. The summed E-state index contributed by atoms with van der Waals surface area (Å²) >= 11 is 0. The molecule has 6 nitrogen and oxygen atoms in total. The van der Waals surface area contributed by atoms with Gasteiger partial charge in [-0.2, -0.15) is 0 Å². The van der Waals surface area contributed by atoms with Crippen LogP contribution in [0.15, 0.2) is 4.99 Å². The van der Waals surface area contributed by atoms with Crippen molar-refractivity contribution in [2.24, 2.45) is 10.4 Å². The Labute approximate surface area is 176 Å². The maximum atomic E-state index is 5.70. The van der Waals surface area contributed by atoms with Gasteiger partial charge in [-0.3, -0.25) is 4.99 Å². The molecule has 2 fully saturated rings. The molecule has 7 heteroatoms. The summed E-state index contributed by atoms with van der Waals surface area (Å²) in [5.74, 6) is 0.887. The smallest absolute Gasteiger partial charge is 0.191 e. The number of hydrogen-bond acceptors (Lipinski definition) is 4. The van der Waals surface area contributed by atoms with Gasteiger partial charge in [-0.25, -0.2) is 0 Å². The lowest BCUT2D eigenvalue weighted by molar-refractivity contribution is -0.176. The Hall–Kier alpha value is -0.120. The molecule has 0 amide bonds. The molecule has 0 aromatic heterocycles. The van der Waals surface area contributed by atoms with E-state index in [0.29, 0.717) is 18.8 Å². The molecular weight excluding hydrogens is 445 g/mol. The van der Waals surface area contributed by atoms with Gasteiger partial charge in [-0.1, -0.05) is 13.8 Å². The molecule has 3 atom stereocenters. The van der Waals surface area contributed by atoms with E-state index in [9.17, 15) is 0 Å². The molecular formula is C19H38IN3O3. The van der Waals surface area contributed by atoms with E-state index in [-0.39, 0.29) is 35.0 Å². The fourth-order valence-corrected chi connectivity index (χ4v) is 3.56. The predicted molar refractivity (Wildman–Crippen MR) is 117 cm³/mol. The van der Waals surface area contributed by atoms with Gasteiger partial charge in [0, 0.05) is 44.9 Å². The molecule has 3 unspecified atom stereocenters. The third-order valence-electron chi connectivity index (χ3n) is 5.98. The van der Waals surface area contributed by atoms with Crippen LogP contribution in [-0.2, 0) is 14.2 Å². The Morgan fingerprint density at radius 3 is 2.65 bits per heavy atom. The third kappa shape index (κ3) is 5.94. The van der Waals surface area contributed by atoms with Crippen LogP contribution in [0.3, 0.4) is 0 Å². The third-order valence-corrected chi connectivity index (χ3v) is 5.98. The lowest BCUT2D eigenvalue weighted by Crippen LogP contribution is -2.69. The molecule has 1 heterocycles. The van der Waals surface area contributed by atoms with Crippen LogP contribution in [0.2, 0.25) is 0 Å². The topological polar surface area (TPSA) is 64.1 Å². The van der Waals surface area contributed by atoms with Crippen molar-refractivity contribution in [1.82, 2.24) is 10.6 Å². The molecule has 1 aliphatic carbocycles. The van der Waals surface area contributed by atoms with Crippen molar-refractivity contribution in [3.05, 3.63) is 0 Å². The molecule has 1 aliphatic heterocycles. The molecule has 1 saturated heterocycles. The van der Waals surface area contributed by atoms with Gasteiger partial charge in [-0.05, 0) is 39.5 Å². The highest BCUT2D eigenvalue weighted by atomic mass is 127. The molecule has 0 spiro atoms. The minimum absolute atomic E-state index is 0. The second-order valence-electron chi connectivity index (χ2n) is 7.88. The zero-order valence-electron chi connectivity index (χ0n) is 17.1. The summed E-state index contributed by atoms with van der Waals surface area (Å²) in [6, 6.07) is 0.367. The summed E-state index contributed by atoms with van der Waals surface area (Å²) in [6.45, 7) is 12.7. The first-order valence-corrected chi connectivity index (χ1v) is 9.72. The summed E-state index contributed by atoms with van der Waals surface area (Å²) in [5.41, 5.74) is 0.000472. The standard InChI is InChI=1S/C19H37N3O3.HI/c1-6-20-17(22-16-13-19(4,23-5)18(16,2)3)21-10-8-11-24-14-15-9-7-12-25-15;/h15-16H,6-14H2,1-5H3,(H2,20,21,22);1H. The summed E-state index contributed by atoms with van der Waals surface area (Å²) in [4.78, 5) is 4.69. The second kappa shape index (κ2) is 11.0.